The van der Waals surface area contributed by atoms with Gasteiger partial charge in [0.25, 0.3) is 10.0 Å². The summed E-state index contributed by atoms with van der Waals surface area (Å²) in [4.78, 5) is 21.3. The predicted octanol–water partition coefficient (Wildman–Crippen LogP) is 1.02. The number of anilines is 1. The second-order valence-corrected chi connectivity index (χ2v) is 5.98. The first kappa shape index (κ1) is 13.3. The summed E-state index contributed by atoms with van der Waals surface area (Å²) < 4.78 is 31.6. The molecule has 9 heteroatoms. The number of oxazole rings is 1. The number of rotatable bonds is 3. The van der Waals surface area contributed by atoms with E-state index in [1.165, 1.54) is 24.4 Å². The summed E-state index contributed by atoms with van der Waals surface area (Å²) >= 11 is 0. The van der Waals surface area contributed by atoms with Gasteiger partial charge in [0.05, 0.1) is 10.4 Å². The molecule has 0 spiro atoms. The van der Waals surface area contributed by atoms with Crippen molar-refractivity contribution in [3.05, 3.63) is 46.7 Å². The quantitative estimate of drug-likeness (QED) is 0.746. The molecule has 3 rings (SSSR count). The Morgan fingerprint density at radius 1 is 1.29 bits per heavy atom. The van der Waals surface area contributed by atoms with Crippen LogP contribution in [0.15, 0.2) is 44.6 Å². The van der Waals surface area contributed by atoms with Crippen LogP contribution in [0.4, 0.5) is 5.95 Å². The van der Waals surface area contributed by atoms with Gasteiger partial charge in [0.15, 0.2) is 5.58 Å². The third kappa shape index (κ3) is 2.63. The fourth-order valence-electron chi connectivity index (χ4n) is 1.78. The van der Waals surface area contributed by atoms with E-state index in [1.807, 2.05) is 0 Å². The SMILES string of the molecule is Cc1ccnc(NS(=O)(=O)c2ccc3oc(=O)[nH]c3c2)n1. The fraction of sp³-hybridized carbons (Fsp3) is 0.0833. The fourth-order valence-corrected chi connectivity index (χ4v) is 2.75. The molecule has 108 valence electrons. The molecular weight excluding hydrogens is 296 g/mol. The minimum Gasteiger partial charge on any atom is -0.408 e. The van der Waals surface area contributed by atoms with E-state index in [-0.39, 0.29) is 16.4 Å². The van der Waals surface area contributed by atoms with E-state index in [1.54, 1.807) is 13.0 Å². The highest BCUT2D eigenvalue weighted by Crippen LogP contribution is 2.18. The number of aryl methyl sites for hydroxylation is 1. The lowest BCUT2D eigenvalue weighted by Crippen LogP contribution is -2.15. The zero-order chi connectivity index (χ0) is 15.0. The summed E-state index contributed by atoms with van der Waals surface area (Å²) in [5.74, 6) is -0.662. The van der Waals surface area contributed by atoms with Crippen LogP contribution in [0.25, 0.3) is 11.1 Å². The van der Waals surface area contributed by atoms with Gasteiger partial charge < -0.3 is 4.42 Å². The first-order valence-electron chi connectivity index (χ1n) is 5.89. The second kappa shape index (κ2) is 4.70. The number of nitrogens with one attached hydrogen (secondary N) is 2. The Bertz CT molecular complexity index is 974. The number of fused-ring (bicyclic) bond motifs is 1. The average Bonchev–Trinajstić information content (AvgIpc) is 2.77. The summed E-state index contributed by atoms with van der Waals surface area (Å²) in [6, 6.07) is 5.69. The maximum absolute atomic E-state index is 12.2. The maximum atomic E-state index is 12.2. The minimum absolute atomic E-state index is 0.0178. The van der Waals surface area contributed by atoms with Crippen LogP contribution < -0.4 is 10.5 Å². The molecule has 0 aliphatic carbocycles. The van der Waals surface area contributed by atoms with Gasteiger partial charge in [0.2, 0.25) is 5.95 Å². The number of hydrogen-bond donors (Lipinski definition) is 2. The molecule has 2 heterocycles. The van der Waals surface area contributed by atoms with Crippen molar-refractivity contribution >= 4 is 27.1 Å². The Balaban J connectivity index is 2.01. The molecule has 0 amide bonds. The van der Waals surface area contributed by atoms with Gasteiger partial charge in [0, 0.05) is 11.9 Å². The van der Waals surface area contributed by atoms with E-state index < -0.39 is 15.8 Å². The first-order valence-corrected chi connectivity index (χ1v) is 7.38. The van der Waals surface area contributed by atoms with Gasteiger partial charge in [-0.05, 0) is 31.2 Å². The van der Waals surface area contributed by atoms with Crippen LogP contribution in [0.2, 0.25) is 0 Å². The molecule has 3 aromatic rings. The molecule has 0 radical (unpaired) electrons. The van der Waals surface area contributed by atoms with Crippen LogP contribution in [-0.2, 0) is 10.0 Å². The Kier molecular flexibility index (Phi) is 2.98. The maximum Gasteiger partial charge on any atom is 0.417 e. The van der Waals surface area contributed by atoms with Gasteiger partial charge in [-0.25, -0.2) is 27.9 Å². The molecular formula is C12H10N4O4S. The minimum atomic E-state index is -3.85. The average molecular weight is 306 g/mol. The van der Waals surface area contributed by atoms with Crippen molar-refractivity contribution in [2.75, 3.05) is 4.72 Å². The van der Waals surface area contributed by atoms with E-state index in [0.29, 0.717) is 11.2 Å². The van der Waals surface area contributed by atoms with E-state index in [9.17, 15) is 13.2 Å². The van der Waals surface area contributed by atoms with Crippen molar-refractivity contribution in [2.24, 2.45) is 0 Å². The molecule has 0 aliphatic heterocycles. The van der Waals surface area contributed by atoms with Crippen molar-refractivity contribution in [1.29, 1.82) is 0 Å². The van der Waals surface area contributed by atoms with Crippen LogP contribution in [0.3, 0.4) is 0 Å². The molecule has 2 aromatic heterocycles. The smallest absolute Gasteiger partial charge is 0.408 e. The van der Waals surface area contributed by atoms with Crippen molar-refractivity contribution in [1.82, 2.24) is 15.0 Å². The Morgan fingerprint density at radius 3 is 2.86 bits per heavy atom. The summed E-state index contributed by atoms with van der Waals surface area (Å²) in [7, 11) is -3.85. The molecule has 2 N–H and O–H groups in total. The molecule has 8 nitrogen and oxygen atoms in total. The van der Waals surface area contributed by atoms with Crippen molar-refractivity contribution in [3.63, 3.8) is 0 Å². The lowest BCUT2D eigenvalue weighted by atomic mass is 10.3. The molecule has 0 saturated carbocycles. The Morgan fingerprint density at radius 2 is 2.10 bits per heavy atom. The van der Waals surface area contributed by atoms with Gasteiger partial charge in [-0.3, -0.25) is 4.98 Å². The Labute approximate surface area is 118 Å². The summed E-state index contributed by atoms with van der Waals surface area (Å²) in [5, 5.41) is 0. The van der Waals surface area contributed by atoms with Crippen LogP contribution in [0.1, 0.15) is 5.69 Å². The number of hydrogen-bond acceptors (Lipinski definition) is 6. The third-order valence-corrected chi connectivity index (χ3v) is 4.05. The van der Waals surface area contributed by atoms with Gasteiger partial charge in [-0.1, -0.05) is 0 Å². The molecule has 1 aromatic carbocycles. The number of H-pyrrole nitrogens is 1. The van der Waals surface area contributed by atoms with Crippen molar-refractivity contribution in [3.8, 4) is 0 Å². The largest absolute Gasteiger partial charge is 0.417 e. The van der Waals surface area contributed by atoms with Crippen LogP contribution in [-0.4, -0.2) is 23.4 Å². The topological polar surface area (TPSA) is 118 Å². The highest BCUT2D eigenvalue weighted by atomic mass is 32.2. The van der Waals surface area contributed by atoms with E-state index >= 15 is 0 Å². The normalized spacial score (nSPS) is 11.7. The van der Waals surface area contributed by atoms with E-state index in [2.05, 4.69) is 19.7 Å². The molecule has 0 unspecified atom stereocenters. The molecule has 0 fully saturated rings. The first-order chi connectivity index (χ1) is 9.94. The van der Waals surface area contributed by atoms with E-state index in [4.69, 9.17) is 4.42 Å². The molecule has 0 atom stereocenters. The molecule has 21 heavy (non-hydrogen) atoms. The highest BCUT2D eigenvalue weighted by molar-refractivity contribution is 7.92. The summed E-state index contributed by atoms with van der Waals surface area (Å²) in [6.45, 7) is 1.72. The van der Waals surface area contributed by atoms with Gasteiger partial charge >= 0.3 is 5.76 Å². The third-order valence-electron chi connectivity index (χ3n) is 2.72. The zero-order valence-electron chi connectivity index (χ0n) is 10.8. The van der Waals surface area contributed by atoms with Gasteiger partial charge in [-0.15, -0.1) is 0 Å². The van der Waals surface area contributed by atoms with Gasteiger partial charge in [-0.2, -0.15) is 0 Å². The predicted molar refractivity (Wildman–Crippen MR) is 74.4 cm³/mol. The van der Waals surface area contributed by atoms with Crippen molar-refractivity contribution in [2.45, 2.75) is 11.8 Å². The standard InChI is InChI=1S/C12H10N4O4S/c1-7-4-5-13-11(14-7)16-21(18,19)8-2-3-10-9(6-8)15-12(17)20-10/h2-6H,1H3,(H,15,17)(H,13,14,16). The Hall–Kier alpha value is -2.68. The number of sulfonamides is 1. The lowest BCUT2D eigenvalue weighted by Gasteiger charge is -2.06. The second-order valence-electron chi connectivity index (χ2n) is 4.30. The monoisotopic (exact) mass is 306 g/mol. The molecule has 0 saturated heterocycles. The summed E-state index contributed by atoms with van der Waals surface area (Å²) in [6.07, 6.45) is 1.46. The van der Waals surface area contributed by atoms with Crippen molar-refractivity contribution < 1.29 is 12.8 Å². The number of nitrogens with zero attached hydrogens (tertiary/aromatic N) is 2. The molecule has 0 bridgehead atoms. The summed E-state index contributed by atoms with van der Waals surface area (Å²) in [5.41, 5.74) is 1.22. The number of benzene rings is 1. The van der Waals surface area contributed by atoms with Gasteiger partial charge in [0.1, 0.15) is 0 Å². The van der Waals surface area contributed by atoms with Crippen LogP contribution in [0.5, 0.6) is 0 Å². The highest BCUT2D eigenvalue weighted by Gasteiger charge is 2.17. The molecule has 0 aliphatic rings. The van der Waals surface area contributed by atoms with Crippen LogP contribution in [0, 0.1) is 6.92 Å². The number of aromatic nitrogens is 3. The lowest BCUT2D eigenvalue weighted by molar-refractivity contribution is 0.555. The zero-order valence-corrected chi connectivity index (χ0v) is 11.6. The van der Waals surface area contributed by atoms with E-state index in [0.717, 1.165) is 0 Å². The van der Waals surface area contributed by atoms with Crippen LogP contribution >= 0.6 is 0 Å². The number of aromatic amines is 1.